The Morgan fingerprint density at radius 1 is 0.371 bits per heavy atom. The zero-order valence-corrected chi connectivity index (χ0v) is 24.5. The van der Waals surface area contributed by atoms with E-state index in [1.54, 1.807) is 0 Å². The van der Waals surface area contributed by atoms with Crippen LogP contribution in [0.5, 0.6) is 0 Å². The molecule has 0 atom stereocenters. The van der Waals surface area contributed by atoms with Gasteiger partial charge in [-0.3, -0.25) is 4.79 Å². The molecule has 0 saturated heterocycles. The number of rotatable bonds is 30. The van der Waals surface area contributed by atoms with Crippen molar-refractivity contribution in [2.75, 3.05) is 6.61 Å². The minimum Gasteiger partial charge on any atom is -0.466 e. The molecule has 0 spiro atoms. The molecule has 35 heavy (non-hydrogen) atoms. The lowest BCUT2D eigenvalue weighted by atomic mass is 10.0. The Labute approximate surface area is 222 Å². The van der Waals surface area contributed by atoms with Gasteiger partial charge >= 0.3 is 5.97 Å². The second-order valence-electron chi connectivity index (χ2n) is 11.2. The van der Waals surface area contributed by atoms with E-state index in [4.69, 9.17) is 4.74 Å². The van der Waals surface area contributed by atoms with Crippen LogP contribution < -0.4 is 0 Å². The zero-order chi connectivity index (χ0) is 25.5. The molecule has 0 radical (unpaired) electrons. The predicted molar refractivity (Wildman–Crippen MR) is 156 cm³/mol. The highest BCUT2D eigenvalue weighted by molar-refractivity contribution is 5.69. The van der Waals surface area contributed by atoms with E-state index in [0.29, 0.717) is 13.0 Å². The van der Waals surface area contributed by atoms with Gasteiger partial charge in [-0.1, -0.05) is 181 Å². The molecule has 2 nitrogen and oxygen atoms in total. The van der Waals surface area contributed by atoms with Crippen molar-refractivity contribution in [2.24, 2.45) is 0 Å². The first-order valence-corrected chi connectivity index (χ1v) is 16.5. The van der Waals surface area contributed by atoms with E-state index >= 15 is 0 Å². The van der Waals surface area contributed by atoms with Crippen LogP contribution in [0.4, 0.5) is 0 Å². The van der Waals surface area contributed by atoms with E-state index in [9.17, 15) is 4.79 Å². The van der Waals surface area contributed by atoms with Gasteiger partial charge in [0.1, 0.15) is 0 Å². The summed E-state index contributed by atoms with van der Waals surface area (Å²) in [7, 11) is 0. The Bertz CT molecular complexity index is 393. The highest BCUT2D eigenvalue weighted by Crippen LogP contribution is 2.15. The number of esters is 1. The van der Waals surface area contributed by atoms with E-state index in [0.717, 1.165) is 12.8 Å². The molecule has 0 N–H and O–H groups in total. The lowest BCUT2D eigenvalue weighted by Crippen LogP contribution is -2.05. The summed E-state index contributed by atoms with van der Waals surface area (Å²) in [5.41, 5.74) is 0. The van der Waals surface area contributed by atoms with Crippen molar-refractivity contribution in [3.05, 3.63) is 0 Å². The Morgan fingerprint density at radius 2 is 0.629 bits per heavy atom. The lowest BCUT2D eigenvalue weighted by Gasteiger charge is -2.06. The van der Waals surface area contributed by atoms with E-state index < -0.39 is 0 Å². The summed E-state index contributed by atoms with van der Waals surface area (Å²) < 4.78 is 5.42. The number of hydrogen-bond acceptors (Lipinski definition) is 2. The van der Waals surface area contributed by atoms with Crippen molar-refractivity contribution in [1.82, 2.24) is 0 Å². The summed E-state index contributed by atoms with van der Waals surface area (Å²) in [6.07, 6.45) is 38.7. The first-order valence-electron chi connectivity index (χ1n) is 16.5. The van der Waals surface area contributed by atoms with Gasteiger partial charge in [0.15, 0.2) is 0 Å². The summed E-state index contributed by atoms with van der Waals surface area (Å²) in [4.78, 5) is 11.9. The quantitative estimate of drug-likeness (QED) is 0.0732. The van der Waals surface area contributed by atoms with Gasteiger partial charge in [-0.15, -0.1) is 0 Å². The normalized spacial score (nSPS) is 11.3. The summed E-state index contributed by atoms with van der Waals surface area (Å²) in [5.74, 6) is 0.0254. The minimum atomic E-state index is 0.0254. The molecule has 2 heteroatoms. The summed E-state index contributed by atoms with van der Waals surface area (Å²) in [6.45, 7) is 5.20. The van der Waals surface area contributed by atoms with Crippen LogP contribution in [0.3, 0.4) is 0 Å². The number of unbranched alkanes of at least 4 members (excludes halogenated alkanes) is 26. The van der Waals surface area contributed by atoms with E-state index in [1.807, 2.05) is 0 Å². The second kappa shape index (κ2) is 31.5. The van der Waals surface area contributed by atoms with Crippen LogP contribution >= 0.6 is 0 Å². The van der Waals surface area contributed by atoms with Crippen molar-refractivity contribution in [3.63, 3.8) is 0 Å². The van der Waals surface area contributed by atoms with Gasteiger partial charge in [0.2, 0.25) is 0 Å². The molecule has 0 bridgehead atoms. The SMILES string of the molecule is CCCCCCCCCCCCCCCCCCCOC(=O)CCCCCCCCCCCCC. The average molecular weight is 495 g/mol. The van der Waals surface area contributed by atoms with Crippen LogP contribution in [-0.2, 0) is 9.53 Å². The molecule has 0 aliphatic rings. The molecule has 0 amide bonds. The predicted octanol–water partition coefficient (Wildman–Crippen LogP) is 11.9. The Morgan fingerprint density at radius 3 is 0.943 bits per heavy atom. The fourth-order valence-electron chi connectivity index (χ4n) is 5.02. The molecule has 0 aliphatic heterocycles. The molecule has 0 unspecified atom stereocenters. The van der Waals surface area contributed by atoms with Crippen LogP contribution in [0.2, 0.25) is 0 Å². The van der Waals surface area contributed by atoms with Crippen molar-refractivity contribution in [2.45, 2.75) is 200 Å². The number of carbonyl (C=O) groups excluding carboxylic acids is 1. The molecule has 0 aromatic heterocycles. The number of carbonyl (C=O) groups is 1. The van der Waals surface area contributed by atoms with Gasteiger partial charge in [0, 0.05) is 6.42 Å². The fourth-order valence-corrected chi connectivity index (χ4v) is 5.02. The third-order valence-electron chi connectivity index (χ3n) is 7.50. The topological polar surface area (TPSA) is 26.3 Å². The largest absolute Gasteiger partial charge is 0.466 e. The highest BCUT2D eigenvalue weighted by atomic mass is 16.5. The van der Waals surface area contributed by atoms with Gasteiger partial charge in [0.25, 0.3) is 0 Å². The molecular weight excluding hydrogens is 428 g/mol. The van der Waals surface area contributed by atoms with Gasteiger partial charge in [0.05, 0.1) is 6.61 Å². The van der Waals surface area contributed by atoms with Gasteiger partial charge in [-0.05, 0) is 12.8 Å². The smallest absolute Gasteiger partial charge is 0.305 e. The molecule has 0 aromatic rings. The van der Waals surface area contributed by atoms with E-state index in [2.05, 4.69) is 13.8 Å². The van der Waals surface area contributed by atoms with Crippen LogP contribution in [0.25, 0.3) is 0 Å². The zero-order valence-electron chi connectivity index (χ0n) is 24.5. The monoisotopic (exact) mass is 495 g/mol. The molecule has 210 valence electrons. The Kier molecular flexibility index (Phi) is 31.0. The molecule has 0 rings (SSSR count). The standard InChI is InChI=1S/C33H66O2/c1-3-5-7-9-11-13-15-16-17-18-19-20-22-24-26-28-30-32-35-33(34)31-29-27-25-23-21-14-12-10-8-6-4-2/h3-32H2,1-2H3. The summed E-state index contributed by atoms with van der Waals surface area (Å²) >= 11 is 0. The molecule has 0 fully saturated rings. The maximum atomic E-state index is 11.9. The number of ether oxygens (including phenoxy) is 1. The first-order chi connectivity index (χ1) is 17.3. The lowest BCUT2D eigenvalue weighted by molar-refractivity contribution is -0.143. The molecule has 0 saturated carbocycles. The van der Waals surface area contributed by atoms with Crippen molar-refractivity contribution < 1.29 is 9.53 Å². The maximum absolute atomic E-state index is 11.9. The van der Waals surface area contributed by atoms with Crippen LogP contribution in [0.15, 0.2) is 0 Å². The van der Waals surface area contributed by atoms with Crippen molar-refractivity contribution in [1.29, 1.82) is 0 Å². The third-order valence-corrected chi connectivity index (χ3v) is 7.50. The maximum Gasteiger partial charge on any atom is 0.305 e. The van der Waals surface area contributed by atoms with Crippen molar-refractivity contribution >= 4 is 5.97 Å². The van der Waals surface area contributed by atoms with Gasteiger partial charge in [-0.2, -0.15) is 0 Å². The highest BCUT2D eigenvalue weighted by Gasteiger charge is 2.02. The van der Waals surface area contributed by atoms with E-state index in [-0.39, 0.29) is 5.97 Å². The van der Waals surface area contributed by atoms with E-state index in [1.165, 1.54) is 167 Å². The van der Waals surface area contributed by atoms with Crippen LogP contribution in [0.1, 0.15) is 200 Å². The van der Waals surface area contributed by atoms with Crippen LogP contribution in [0, 0.1) is 0 Å². The molecule has 0 aromatic carbocycles. The van der Waals surface area contributed by atoms with Crippen molar-refractivity contribution in [3.8, 4) is 0 Å². The van der Waals surface area contributed by atoms with Crippen LogP contribution in [-0.4, -0.2) is 12.6 Å². The molecular formula is C33H66O2. The van der Waals surface area contributed by atoms with Gasteiger partial charge in [-0.25, -0.2) is 0 Å². The Balaban J connectivity index is 3.13. The molecule has 0 aliphatic carbocycles. The van der Waals surface area contributed by atoms with Gasteiger partial charge < -0.3 is 4.74 Å². The third kappa shape index (κ3) is 31.4. The summed E-state index contributed by atoms with van der Waals surface area (Å²) in [6, 6.07) is 0. The Hall–Kier alpha value is -0.530. The minimum absolute atomic E-state index is 0.0254. The fraction of sp³-hybridized carbons (Fsp3) is 0.970. The number of hydrogen-bond donors (Lipinski definition) is 0. The second-order valence-corrected chi connectivity index (χ2v) is 11.2. The molecule has 0 heterocycles. The average Bonchev–Trinajstić information content (AvgIpc) is 2.86. The first kappa shape index (κ1) is 34.5. The summed E-state index contributed by atoms with van der Waals surface area (Å²) in [5, 5.41) is 0.